The lowest BCUT2D eigenvalue weighted by Gasteiger charge is -2.08. The van der Waals surface area contributed by atoms with E-state index in [9.17, 15) is 10.1 Å². The first kappa shape index (κ1) is 15.4. The zero-order valence-corrected chi connectivity index (χ0v) is 13.2. The molecule has 1 N–H and O–H groups in total. The van der Waals surface area contributed by atoms with Crippen LogP contribution in [0.1, 0.15) is 18.1 Å². The van der Waals surface area contributed by atoms with Crippen LogP contribution in [0.5, 0.6) is 0 Å². The average Bonchev–Trinajstić information content (AvgIpc) is 2.43. The van der Waals surface area contributed by atoms with Crippen LogP contribution in [0.4, 0.5) is 11.4 Å². The molecule has 0 saturated carbocycles. The minimum atomic E-state index is -0.356. The lowest BCUT2D eigenvalue weighted by atomic mass is 10.1. The van der Waals surface area contributed by atoms with E-state index in [0.29, 0.717) is 0 Å². The van der Waals surface area contributed by atoms with E-state index in [1.807, 2.05) is 19.1 Å². The number of non-ortho nitro benzene ring substituents is 1. The number of nitro groups is 1. The molecule has 0 unspecified atom stereocenters. The van der Waals surface area contributed by atoms with E-state index in [0.717, 1.165) is 22.0 Å². The predicted molar refractivity (Wildman–Crippen MR) is 87.3 cm³/mol. The van der Waals surface area contributed by atoms with Gasteiger partial charge >= 0.3 is 0 Å². The molecule has 5 heteroatoms. The Kier molecular flexibility index (Phi) is 4.85. The number of nitrogens with zero attached hydrogens (tertiary/aromatic N) is 1. The maximum atomic E-state index is 11.0. The summed E-state index contributed by atoms with van der Waals surface area (Å²) in [5.41, 5.74) is 3.35. The van der Waals surface area contributed by atoms with Crippen molar-refractivity contribution in [3.63, 3.8) is 0 Å². The molecule has 0 aliphatic rings. The second-order valence-electron chi connectivity index (χ2n) is 4.85. The molecule has 2 aromatic carbocycles. The molecule has 110 valence electrons. The summed E-state index contributed by atoms with van der Waals surface area (Å²) in [6.45, 7) is 6.83. The van der Waals surface area contributed by atoms with Crippen molar-refractivity contribution in [1.29, 1.82) is 0 Å². The van der Waals surface area contributed by atoms with E-state index in [2.05, 4.69) is 31.3 Å². The topological polar surface area (TPSA) is 55.2 Å². The molecule has 0 spiro atoms. The number of rotatable bonds is 5. The van der Waals surface area contributed by atoms with E-state index in [-0.39, 0.29) is 10.6 Å². The molecule has 0 bridgehead atoms. The quantitative estimate of drug-likeness (QED) is 0.637. The van der Waals surface area contributed by atoms with Crippen LogP contribution < -0.4 is 5.32 Å². The number of anilines is 1. The Morgan fingerprint density at radius 1 is 1.10 bits per heavy atom. The van der Waals surface area contributed by atoms with Gasteiger partial charge in [-0.1, -0.05) is 17.8 Å². The summed E-state index contributed by atoms with van der Waals surface area (Å²) >= 11 is 1.54. The fourth-order valence-electron chi connectivity index (χ4n) is 1.97. The molecular weight excluding hydrogens is 284 g/mol. The Morgan fingerprint density at radius 3 is 2.48 bits per heavy atom. The molecule has 2 aromatic rings. The Hall–Kier alpha value is -2.01. The maximum Gasteiger partial charge on any atom is 0.272 e. The van der Waals surface area contributed by atoms with Crippen molar-refractivity contribution >= 4 is 23.1 Å². The largest absolute Gasteiger partial charge is 0.385 e. The zero-order valence-electron chi connectivity index (χ0n) is 12.3. The van der Waals surface area contributed by atoms with Gasteiger partial charge in [0.15, 0.2) is 0 Å². The minimum Gasteiger partial charge on any atom is -0.385 e. The number of benzene rings is 2. The second-order valence-corrected chi connectivity index (χ2v) is 6.00. The summed E-state index contributed by atoms with van der Waals surface area (Å²) in [4.78, 5) is 12.6. The van der Waals surface area contributed by atoms with Crippen LogP contribution in [-0.4, -0.2) is 11.5 Å². The molecule has 0 aliphatic heterocycles. The Balaban J connectivity index is 2.33. The van der Waals surface area contributed by atoms with Crippen molar-refractivity contribution < 1.29 is 4.92 Å². The number of nitro benzene ring substituents is 1. The number of aryl methyl sites for hydroxylation is 2. The molecule has 0 saturated heterocycles. The highest BCUT2D eigenvalue weighted by molar-refractivity contribution is 7.99. The molecule has 0 fully saturated rings. The summed E-state index contributed by atoms with van der Waals surface area (Å²) in [7, 11) is 0. The smallest absolute Gasteiger partial charge is 0.272 e. The van der Waals surface area contributed by atoms with E-state index in [1.54, 1.807) is 12.1 Å². The first-order valence-corrected chi connectivity index (χ1v) is 7.59. The van der Waals surface area contributed by atoms with Crippen molar-refractivity contribution in [2.75, 3.05) is 11.9 Å². The second kappa shape index (κ2) is 6.63. The maximum absolute atomic E-state index is 11.0. The highest BCUT2D eigenvalue weighted by atomic mass is 32.2. The van der Waals surface area contributed by atoms with Gasteiger partial charge in [-0.3, -0.25) is 10.1 Å². The molecule has 0 atom stereocenters. The minimum absolute atomic E-state index is 0.111. The normalized spacial score (nSPS) is 10.4. The summed E-state index contributed by atoms with van der Waals surface area (Å²) in [5.74, 6) is 0. The molecular formula is C16H18N2O2S. The van der Waals surface area contributed by atoms with Gasteiger partial charge in [0.05, 0.1) is 4.92 Å². The number of hydrogen-bond acceptors (Lipinski definition) is 4. The van der Waals surface area contributed by atoms with Crippen LogP contribution >= 0.6 is 11.8 Å². The number of nitrogens with one attached hydrogen (secondary N) is 1. The van der Waals surface area contributed by atoms with Gasteiger partial charge in [0.2, 0.25) is 0 Å². The monoisotopic (exact) mass is 302 g/mol. The van der Waals surface area contributed by atoms with Gasteiger partial charge in [0.1, 0.15) is 0 Å². The zero-order chi connectivity index (χ0) is 15.4. The average molecular weight is 302 g/mol. The molecule has 0 radical (unpaired) electrons. The van der Waals surface area contributed by atoms with Gasteiger partial charge in [0, 0.05) is 34.2 Å². The van der Waals surface area contributed by atoms with E-state index >= 15 is 0 Å². The molecule has 4 nitrogen and oxygen atoms in total. The SMILES string of the molecule is CCNc1cc(Sc2ccc(C)c(C)c2)cc([N+](=O)[O-])c1. The van der Waals surface area contributed by atoms with E-state index < -0.39 is 0 Å². The highest BCUT2D eigenvalue weighted by Crippen LogP contribution is 2.33. The fraction of sp³-hybridized carbons (Fsp3) is 0.250. The van der Waals surface area contributed by atoms with Gasteiger partial charge in [-0.25, -0.2) is 0 Å². The van der Waals surface area contributed by atoms with Crippen LogP contribution in [0, 0.1) is 24.0 Å². The van der Waals surface area contributed by atoms with Gasteiger partial charge < -0.3 is 5.32 Å². The van der Waals surface area contributed by atoms with E-state index in [1.165, 1.54) is 22.9 Å². The highest BCUT2D eigenvalue weighted by Gasteiger charge is 2.10. The summed E-state index contributed by atoms with van der Waals surface area (Å²) in [6, 6.07) is 11.3. The molecule has 0 heterocycles. The lowest BCUT2D eigenvalue weighted by molar-refractivity contribution is -0.385. The van der Waals surface area contributed by atoms with Crippen molar-refractivity contribution in [2.24, 2.45) is 0 Å². The first-order valence-electron chi connectivity index (χ1n) is 6.78. The van der Waals surface area contributed by atoms with Crippen LogP contribution in [0.25, 0.3) is 0 Å². The molecule has 0 aliphatic carbocycles. The van der Waals surface area contributed by atoms with Crippen LogP contribution in [0.3, 0.4) is 0 Å². The Bertz CT molecular complexity index is 671. The predicted octanol–water partition coefficient (Wildman–Crippen LogP) is 4.79. The van der Waals surface area contributed by atoms with Crippen LogP contribution in [0.2, 0.25) is 0 Å². The lowest BCUT2D eigenvalue weighted by Crippen LogP contribution is -1.98. The molecule has 21 heavy (non-hydrogen) atoms. The van der Waals surface area contributed by atoms with Gasteiger partial charge in [-0.05, 0) is 50.1 Å². The van der Waals surface area contributed by atoms with Crippen molar-refractivity contribution in [1.82, 2.24) is 0 Å². The van der Waals surface area contributed by atoms with Crippen LogP contribution in [-0.2, 0) is 0 Å². The summed E-state index contributed by atoms with van der Waals surface area (Å²) in [6.07, 6.45) is 0. The first-order chi connectivity index (χ1) is 9.99. The number of hydrogen-bond donors (Lipinski definition) is 1. The third-order valence-electron chi connectivity index (χ3n) is 3.20. The standard InChI is InChI=1S/C16H18N2O2S/c1-4-17-13-8-14(18(19)20)10-16(9-13)21-15-6-5-11(2)12(3)7-15/h5-10,17H,4H2,1-3H3. The molecule has 2 rings (SSSR count). The molecule has 0 aromatic heterocycles. The summed E-state index contributed by atoms with van der Waals surface area (Å²) < 4.78 is 0. The van der Waals surface area contributed by atoms with Crippen molar-refractivity contribution in [2.45, 2.75) is 30.6 Å². The third kappa shape index (κ3) is 3.98. The van der Waals surface area contributed by atoms with Gasteiger partial charge in [0.25, 0.3) is 5.69 Å². The third-order valence-corrected chi connectivity index (χ3v) is 4.16. The Morgan fingerprint density at radius 2 is 1.86 bits per heavy atom. The van der Waals surface area contributed by atoms with Crippen molar-refractivity contribution in [3.8, 4) is 0 Å². The van der Waals surface area contributed by atoms with Gasteiger partial charge in [-0.2, -0.15) is 0 Å². The van der Waals surface area contributed by atoms with Crippen LogP contribution in [0.15, 0.2) is 46.2 Å². The fourth-order valence-corrected chi connectivity index (χ4v) is 2.98. The van der Waals surface area contributed by atoms with Gasteiger partial charge in [-0.15, -0.1) is 0 Å². The summed E-state index contributed by atoms with van der Waals surface area (Å²) in [5, 5.41) is 14.2. The Labute approximate surface area is 128 Å². The van der Waals surface area contributed by atoms with Crippen molar-refractivity contribution in [3.05, 3.63) is 57.6 Å². The van der Waals surface area contributed by atoms with E-state index in [4.69, 9.17) is 0 Å². The molecule has 0 amide bonds.